The van der Waals surface area contributed by atoms with Gasteiger partial charge < -0.3 is 0 Å². The van der Waals surface area contributed by atoms with E-state index in [9.17, 15) is 14.4 Å². The van der Waals surface area contributed by atoms with Gasteiger partial charge in [0.05, 0.1) is 5.92 Å². The smallest absolute Gasteiger partial charge is 0.233 e. The number of carbonyl (C=O) groups is 3. The van der Waals surface area contributed by atoms with Crippen LogP contribution in [0.1, 0.15) is 52.9 Å². The molecule has 0 spiro atoms. The number of imide groups is 1. The highest BCUT2D eigenvalue weighted by atomic mass is 79.9. The van der Waals surface area contributed by atoms with Crippen molar-refractivity contribution in [3.05, 3.63) is 0 Å². The Morgan fingerprint density at radius 3 is 2.19 bits per heavy atom. The molecule has 0 aromatic rings. The molecule has 2 fully saturated rings. The summed E-state index contributed by atoms with van der Waals surface area (Å²) < 4.78 is 0.0853. The zero-order valence-corrected chi connectivity index (χ0v) is 14.6. The molecule has 1 atom stereocenters. The zero-order chi connectivity index (χ0) is 15.8. The molecule has 118 valence electrons. The van der Waals surface area contributed by atoms with Crippen LogP contribution in [0.15, 0.2) is 0 Å². The average Bonchev–Trinajstić information content (AvgIpc) is 2.67. The van der Waals surface area contributed by atoms with Crippen molar-refractivity contribution >= 4 is 32.4 Å². The number of amides is 2. The highest BCUT2D eigenvalue weighted by molar-refractivity contribution is 9.18. The molecule has 0 aromatic heterocycles. The summed E-state index contributed by atoms with van der Waals surface area (Å²) in [5.41, 5.74) is -0.165. The van der Waals surface area contributed by atoms with Crippen molar-refractivity contribution in [3.8, 4) is 0 Å². The normalized spacial score (nSPS) is 30.9. The van der Waals surface area contributed by atoms with Crippen LogP contribution in [0.3, 0.4) is 0 Å². The second-order valence-corrected chi connectivity index (χ2v) is 8.27. The van der Waals surface area contributed by atoms with Crippen molar-refractivity contribution in [1.29, 1.82) is 0 Å². The number of hydrogen-bond donors (Lipinski definition) is 0. The van der Waals surface area contributed by atoms with E-state index in [1.807, 2.05) is 20.8 Å². The summed E-state index contributed by atoms with van der Waals surface area (Å²) >= 11 is 3.04. The zero-order valence-electron chi connectivity index (χ0n) is 13.0. The van der Waals surface area contributed by atoms with Crippen LogP contribution in [-0.2, 0) is 14.4 Å². The fraction of sp³-hybridized carbons (Fsp3) is 0.812. The van der Waals surface area contributed by atoms with E-state index in [1.54, 1.807) is 0 Å². The summed E-state index contributed by atoms with van der Waals surface area (Å²) in [6.45, 7) is 6.57. The molecule has 1 unspecified atom stereocenters. The predicted molar refractivity (Wildman–Crippen MR) is 83.7 cm³/mol. The number of likely N-dealkylation sites (tertiary alicyclic amines) is 1. The minimum atomic E-state index is -0.189. The molecule has 0 radical (unpaired) electrons. The van der Waals surface area contributed by atoms with Gasteiger partial charge in [-0.2, -0.15) is 0 Å². The van der Waals surface area contributed by atoms with E-state index in [4.69, 9.17) is 0 Å². The van der Waals surface area contributed by atoms with Gasteiger partial charge in [-0.15, -0.1) is 0 Å². The van der Waals surface area contributed by atoms with Gasteiger partial charge in [0.15, 0.2) is 0 Å². The number of carbonyl (C=O) groups excluding carboxylic acids is 3. The van der Waals surface area contributed by atoms with E-state index in [1.165, 1.54) is 4.90 Å². The highest BCUT2D eigenvalue weighted by Crippen LogP contribution is 2.37. The molecule has 5 heteroatoms. The summed E-state index contributed by atoms with van der Waals surface area (Å²) in [6, 6.07) is 0. The van der Waals surface area contributed by atoms with Crippen molar-refractivity contribution in [1.82, 2.24) is 4.90 Å². The lowest BCUT2D eigenvalue weighted by molar-refractivity contribution is -0.141. The maximum Gasteiger partial charge on any atom is 0.233 e. The fourth-order valence-corrected chi connectivity index (χ4v) is 3.84. The van der Waals surface area contributed by atoms with Crippen molar-refractivity contribution in [2.75, 3.05) is 6.54 Å². The molecule has 1 saturated carbocycles. The number of nitrogens with zero attached hydrogens (tertiary/aromatic N) is 1. The summed E-state index contributed by atoms with van der Waals surface area (Å²) in [7, 11) is 0. The van der Waals surface area contributed by atoms with Gasteiger partial charge in [-0.25, -0.2) is 0 Å². The minimum absolute atomic E-state index is 0.00816. The Bertz CT molecular complexity index is 447. The van der Waals surface area contributed by atoms with Crippen LogP contribution in [0.5, 0.6) is 0 Å². The molecule has 0 bridgehead atoms. The van der Waals surface area contributed by atoms with Crippen LogP contribution in [0, 0.1) is 23.2 Å². The summed E-state index contributed by atoms with van der Waals surface area (Å²) in [4.78, 5) is 37.4. The molecule has 1 aliphatic heterocycles. The Morgan fingerprint density at radius 1 is 1.19 bits per heavy atom. The Morgan fingerprint density at radius 2 is 1.76 bits per heavy atom. The van der Waals surface area contributed by atoms with Gasteiger partial charge in [-0.1, -0.05) is 20.8 Å². The Hall–Kier alpha value is -0.710. The van der Waals surface area contributed by atoms with Crippen LogP contribution in [-0.4, -0.2) is 28.0 Å². The molecule has 1 saturated heterocycles. The first-order chi connectivity index (χ1) is 9.70. The lowest BCUT2D eigenvalue weighted by Crippen LogP contribution is -2.38. The Balaban J connectivity index is 1.94. The molecular formula is C16H24BrNO3. The van der Waals surface area contributed by atoms with E-state index < -0.39 is 0 Å². The quantitative estimate of drug-likeness (QED) is 0.575. The van der Waals surface area contributed by atoms with Gasteiger partial charge in [-0.3, -0.25) is 19.3 Å². The topological polar surface area (TPSA) is 54.5 Å². The first-order valence-corrected chi connectivity index (χ1v) is 8.53. The lowest BCUT2D eigenvalue weighted by Gasteiger charge is -2.30. The predicted octanol–water partition coefficient (Wildman–Crippen LogP) is 3.14. The van der Waals surface area contributed by atoms with Crippen LogP contribution in [0.25, 0.3) is 0 Å². The van der Waals surface area contributed by atoms with Crippen LogP contribution >= 0.6 is 15.9 Å². The summed E-state index contributed by atoms with van der Waals surface area (Å²) in [5, 5.41) is 0. The second kappa shape index (κ2) is 6.19. The van der Waals surface area contributed by atoms with Crippen molar-refractivity contribution in [2.24, 2.45) is 23.2 Å². The van der Waals surface area contributed by atoms with Crippen molar-refractivity contribution in [3.63, 3.8) is 0 Å². The van der Waals surface area contributed by atoms with E-state index in [0.717, 1.165) is 25.7 Å². The molecule has 1 heterocycles. The SMILES string of the molecule is CC(C)(C)C1CC(=O)N(CC2CCC(C(=O)Br)CC2)C1=O. The third kappa shape index (κ3) is 3.74. The Labute approximate surface area is 134 Å². The van der Waals surface area contributed by atoms with Crippen molar-refractivity contribution in [2.45, 2.75) is 52.9 Å². The van der Waals surface area contributed by atoms with Crippen LogP contribution in [0.2, 0.25) is 0 Å². The van der Waals surface area contributed by atoms with E-state index in [-0.39, 0.29) is 33.8 Å². The number of halogens is 1. The van der Waals surface area contributed by atoms with Gasteiger partial charge in [0, 0.05) is 18.9 Å². The Kier molecular flexibility index (Phi) is 4.91. The third-order valence-corrected chi connectivity index (χ3v) is 5.55. The molecule has 21 heavy (non-hydrogen) atoms. The average molecular weight is 358 g/mol. The van der Waals surface area contributed by atoms with Crippen molar-refractivity contribution < 1.29 is 14.4 Å². The molecule has 4 nitrogen and oxygen atoms in total. The monoisotopic (exact) mass is 357 g/mol. The van der Waals surface area contributed by atoms with Gasteiger partial charge in [0.2, 0.25) is 16.5 Å². The maximum absolute atomic E-state index is 12.5. The lowest BCUT2D eigenvalue weighted by atomic mass is 9.79. The van der Waals surface area contributed by atoms with Gasteiger partial charge >= 0.3 is 0 Å². The van der Waals surface area contributed by atoms with E-state index in [2.05, 4.69) is 15.9 Å². The highest BCUT2D eigenvalue weighted by Gasteiger charge is 2.45. The van der Waals surface area contributed by atoms with Crippen LogP contribution in [0.4, 0.5) is 0 Å². The largest absolute Gasteiger partial charge is 0.286 e. The molecule has 2 amide bonds. The molecule has 0 N–H and O–H groups in total. The molecule has 0 aromatic carbocycles. The molecule has 2 rings (SSSR count). The maximum atomic E-state index is 12.5. The first-order valence-electron chi connectivity index (χ1n) is 7.73. The van der Waals surface area contributed by atoms with Gasteiger partial charge in [0.25, 0.3) is 0 Å². The standard InChI is InChI=1S/C16H24BrNO3/c1-16(2,3)12-8-13(19)18(15(12)21)9-10-4-6-11(7-5-10)14(17)20/h10-12H,4-9H2,1-3H3. The van der Waals surface area contributed by atoms with E-state index in [0.29, 0.717) is 18.9 Å². The fourth-order valence-electron chi connectivity index (χ4n) is 3.38. The van der Waals surface area contributed by atoms with Crippen LogP contribution < -0.4 is 0 Å². The first kappa shape index (κ1) is 16.7. The van der Waals surface area contributed by atoms with Gasteiger partial charge in [0.1, 0.15) is 0 Å². The molecule has 2 aliphatic rings. The minimum Gasteiger partial charge on any atom is -0.286 e. The number of rotatable bonds is 3. The summed E-state index contributed by atoms with van der Waals surface area (Å²) in [5.74, 6) is 0.225. The second-order valence-electron chi connectivity index (χ2n) is 7.49. The summed E-state index contributed by atoms with van der Waals surface area (Å²) in [6.07, 6.45) is 3.89. The molecular weight excluding hydrogens is 334 g/mol. The van der Waals surface area contributed by atoms with E-state index >= 15 is 0 Å². The molecule has 1 aliphatic carbocycles. The van der Waals surface area contributed by atoms with Gasteiger partial charge in [-0.05, 0) is 52.9 Å². The third-order valence-electron chi connectivity index (χ3n) is 4.90. The number of hydrogen-bond acceptors (Lipinski definition) is 3.